The van der Waals surface area contributed by atoms with Crippen molar-refractivity contribution in [2.45, 2.75) is 105 Å². The zero-order valence-electron chi connectivity index (χ0n) is 26.8. The van der Waals surface area contributed by atoms with E-state index in [2.05, 4.69) is 21.3 Å². The van der Waals surface area contributed by atoms with Crippen LogP contribution in [0.5, 0.6) is 0 Å². The van der Waals surface area contributed by atoms with Crippen molar-refractivity contribution in [3.63, 3.8) is 0 Å². The third-order valence-corrected chi connectivity index (χ3v) is 8.97. The van der Waals surface area contributed by atoms with Gasteiger partial charge in [0, 0.05) is 11.6 Å². The van der Waals surface area contributed by atoms with E-state index in [-0.39, 0.29) is 35.6 Å². The summed E-state index contributed by atoms with van der Waals surface area (Å²) in [5.41, 5.74) is 1.84. The minimum atomic E-state index is -1.13. The fourth-order valence-corrected chi connectivity index (χ4v) is 5.16. The summed E-state index contributed by atoms with van der Waals surface area (Å²) >= 11 is 0. The molecule has 5 N–H and O–H groups in total. The molecule has 4 amide bonds. The first-order valence-corrected chi connectivity index (χ1v) is 15.6. The summed E-state index contributed by atoms with van der Waals surface area (Å²) in [6.45, 7) is 15.1. The van der Waals surface area contributed by atoms with Gasteiger partial charge in [0.15, 0.2) is 0 Å². The molecule has 43 heavy (non-hydrogen) atoms. The topological polar surface area (TPSA) is 154 Å². The van der Waals surface area contributed by atoms with Gasteiger partial charge >= 0.3 is 5.97 Å². The number of nitrogens with one attached hydrogen (secondary N) is 4. The van der Waals surface area contributed by atoms with Gasteiger partial charge < -0.3 is 26.4 Å². The maximum atomic E-state index is 13.7. The second-order valence-corrected chi connectivity index (χ2v) is 11.9. The Morgan fingerprint density at radius 2 is 1.23 bits per heavy atom. The molecule has 1 aliphatic rings. The van der Waals surface area contributed by atoms with Crippen molar-refractivity contribution in [3.8, 4) is 0 Å². The number of fused-ring (bicyclic) bond motifs is 1. The van der Waals surface area contributed by atoms with E-state index in [1.54, 1.807) is 19.1 Å². The molecule has 8 atom stereocenters. The number of amides is 4. The van der Waals surface area contributed by atoms with Crippen molar-refractivity contribution < 1.29 is 29.1 Å². The minimum absolute atomic E-state index is 0.0601. The summed E-state index contributed by atoms with van der Waals surface area (Å²) in [6, 6.07) is 3.73. The van der Waals surface area contributed by atoms with Crippen LogP contribution in [0, 0.1) is 23.7 Å². The van der Waals surface area contributed by atoms with E-state index in [9.17, 15) is 29.1 Å². The molecule has 1 heterocycles. The van der Waals surface area contributed by atoms with Crippen LogP contribution in [0.2, 0.25) is 0 Å². The molecule has 0 radical (unpaired) electrons. The van der Waals surface area contributed by atoms with Crippen LogP contribution in [0.1, 0.15) is 97.0 Å². The minimum Gasteiger partial charge on any atom is -0.480 e. The van der Waals surface area contributed by atoms with Crippen molar-refractivity contribution in [2.75, 3.05) is 0 Å². The molecule has 0 saturated heterocycles. The van der Waals surface area contributed by atoms with Gasteiger partial charge in [0.1, 0.15) is 18.1 Å². The SMILES string of the molecule is CC[C@H](C)[C@H](NC(=O)[C@@H](NC(=O)[C@@H](NC(=O)C=C1c2ccccc2C(=O)N[C@H]1[C@@H](C)CC)[C@@H](C)CC)[C@@H](C)CC)C(=O)O. The summed E-state index contributed by atoms with van der Waals surface area (Å²) in [7, 11) is 0. The van der Waals surface area contributed by atoms with Gasteiger partial charge in [-0.05, 0) is 40.9 Å². The van der Waals surface area contributed by atoms with Crippen molar-refractivity contribution in [3.05, 3.63) is 41.5 Å². The number of carbonyl (C=O) groups is 5. The summed E-state index contributed by atoms with van der Waals surface area (Å²) in [6.07, 6.45) is 3.94. The second kappa shape index (κ2) is 16.2. The number of carbonyl (C=O) groups excluding carboxylic acids is 4. The van der Waals surface area contributed by atoms with Gasteiger partial charge in [-0.3, -0.25) is 19.2 Å². The summed E-state index contributed by atoms with van der Waals surface area (Å²) in [4.78, 5) is 65.1. The van der Waals surface area contributed by atoms with E-state index < -0.39 is 41.8 Å². The lowest BCUT2D eigenvalue weighted by atomic mass is 9.82. The predicted octanol–water partition coefficient (Wildman–Crippen LogP) is 3.91. The number of benzene rings is 1. The van der Waals surface area contributed by atoms with E-state index >= 15 is 0 Å². The smallest absolute Gasteiger partial charge is 0.326 e. The number of aliphatic carboxylic acids is 1. The van der Waals surface area contributed by atoms with Gasteiger partial charge in [0.2, 0.25) is 17.7 Å². The lowest BCUT2D eigenvalue weighted by Gasteiger charge is -2.33. The van der Waals surface area contributed by atoms with Crippen LogP contribution >= 0.6 is 0 Å². The van der Waals surface area contributed by atoms with Crippen molar-refractivity contribution in [1.82, 2.24) is 21.3 Å². The Bertz CT molecular complexity index is 1200. The van der Waals surface area contributed by atoms with Gasteiger partial charge in [-0.15, -0.1) is 0 Å². The second-order valence-electron chi connectivity index (χ2n) is 11.9. The van der Waals surface area contributed by atoms with E-state index in [4.69, 9.17) is 0 Å². The van der Waals surface area contributed by atoms with Gasteiger partial charge in [-0.1, -0.05) is 99.3 Å². The number of hydrogen-bond donors (Lipinski definition) is 5. The molecular formula is C33H50N4O6. The number of hydrogen-bond acceptors (Lipinski definition) is 5. The van der Waals surface area contributed by atoms with E-state index in [1.165, 1.54) is 6.08 Å². The fraction of sp³-hybridized carbons (Fsp3) is 0.606. The molecule has 0 aliphatic carbocycles. The van der Waals surface area contributed by atoms with Gasteiger partial charge in [-0.25, -0.2) is 4.79 Å². The lowest BCUT2D eigenvalue weighted by Crippen LogP contribution is -2.59. The molecule has 10 nitrogen and oxygen atoms in total. The van der Waals surface area contributed by atoms with Gasteiger partial charge in [0.25, 0.3) is 5.91 Å². The summed E-state index contributed by atoms with van der Waals surface area (Å²) in [5.74, 6) is -3.70. The largest absolute Gasteiger partial charge is 0.480 e. The molecule has 238 valence electrons. The lowest BCUT2D eigenvalue weighted by molar-refractivity contribution is -0.144. The Balaban J connectivity index is 2.37. The zero-order chi connectivity index (χ0) is 32.4. The van der Waals surface area contributed by atoms with Gasteiger partial charge in [0.05, 0.1) is 6.04 Å². The maximum Gasteiger partial charge on any atom is 0.326 e. The molecule has 2 rings (SSSR count). The highest BCUT2D eigenvalue weighted by atomic mass is 16.4. The van der Waals surface area contributed by atoms with Crippen LogP contribution in [0.3, 0.4) is 0 Å². The van der Waals surface area contributed by atoms with Crippen LogP contribution in [0.15, 0.2) is 30.3 Å². The highest BCUT2D eigenvalue weighted by Gasteiger charge is 2.36. The van der Waals surface area contributed by atoms with Crippen LogP contribution < -0.4 is 21.3 Å². The standard InChI is InChI=1S/C33H50N4O6/c1-9-18(5)26-24(22-15-13-14-16-23(22)30(39)35-26)17-25(38)34-27(19(6)10-2)31(40)36-28(20(7)11-3)32(41)37-29(33(42)43)21(8)12-4/h13-21,26-29H,9-12H2,1-8H3,(H,34,38)(H,35,39)(H,36,40)(H,37,41)(H,42,43)/t18-,19-,20-,21-,26-,27-,28-,29-/m0/s1. The molecule has 0 fully saturated rings. The highest BCUT2D eigenvalue weighted by molar-refractivity contribution is 6.07. The Morgan fingerprint density at radius 1 is 0.767 bits per heavy atom. The molecule has 1 aromatic carbocycles. The molecule has 0 aromatic heterocycles. The van der Waals surface area contributed by atoms with Crippen LogP contribution in [-0.2, 0) is 19.2 Å². The first-order chi connectivity index (χ1) is 20.3. The zero-order valence-corrected chi connectivity index (χ0v) is 26.8. The van der Waals surface area contributed by atoms with Crippen molar-refractivity contribution in [2.24, 2.45) is 23.7 Å². The Morgan fingerprint density at radius 3 is 1.72 bits per heavy atom. The third kappa shape index (κ3) is 8.91. The van der Waals surface area contributed by atoms with Crippen LogP contribution in [-0.4, -0.2) is 58.9 Å². The monoisotopic (exact) mass is 598 g/mol. The average molecular weight is 599 g/mol. The number of rotatable bonds is 15. The molecule has 0 saturated carbocycles. The van der Waals surface area contributed by atoms with Crippen LogP contribution in [0.25, 0.3) is 5.57 Å². The molecular weight excluding hydrogens is 548 g/mol. The summed E-state index contributed by atoms with van der Waals surface area (Å²) in [5, 5.41) is 21.0. The average Bonchev–Trinajstić information content (AvgIpc) is 3.00. The Kier molecular flexibility index (Phi) is 13.4. The first kappa shape index (κ1) is 35.5. The number of carboxylic acids is 1. The molecule has 10 heteroatoms. The highest BCUT2D eigenvalue weighted by Crippen LogP contribution is 2.31. The Labute approximate surface area is 255 Å². The first-order valence-electron chi connectivity index (χ1n) is 15.6. The molecule has 0 unspecified atom stereocenters. The van der Waals surface area contributed by atoms with E-state index in [1.807, 2.05) is 60.6 Å². The molecule has 1 aliphatic heterocycles. The quantitative estimate of drug-likeness (QED) is 0.193. The molecule has 0 spiro atoms. The van der Waals surface area contributed by atoms with Crippen molar-refractivity contribution >= 4 is 35.2 Å². The number of carboxylic acid groups (broad SMARTS) is 1. The van der Waals surface area contributed by atoms with E-state index in [0.717, 1.165) is 6.42 Å². The normalized spacial score (nSPS) is 20.3. The van der Waals surface area contributed by atoms with Gasteiger partial charge in [-0.2, -0.15) is 0 Å². The fourth-order valence-electron chi connectivity index (χ4n) is 5.16. The summed E-state index contributed by atoms with van der Waals surface area (Å²) < 4.78 is 0. The van der Waals surface area contributed by atoms with E-state index in [0.29, 0.717) is 36.0 Å². The predicted molar refractivity (Wildman–Crippen MR) is 167 cm³/mol. The van der Waals surface area contributed by atoms with Crippen LogP contribution in [0.4, 0.5) is 0 Å². The molecule has 1 aromatic rings. The maximum absolute atomic E-state index is 13.7. The Hall–Kier alpha value is -3.69. The van der Waals surface area contributed by atoms with Crippen molar-refractivity contribution in [1.29, 1.82) is 0 Å². The molecule has 0 bridgehead atoms. The third-order valence-electron chi connectivity index (χ3n) is 8.97.